The number of nitrogens with zero attached hydrogens (tertiary/aromatic N) is 1. The molecule has 1 aliphatic heterocycles. The molecule has 4 unspecified atom stereocenters. The zero-order valence-electron chi connectivity index (χ0n) is 17.0. The van der Waals surface area contributed by atoms with Gasteiger partial charge < -0.3 is 10.1 Å². The fourth-order valence-electron chi connectivity index (χ4n) is 5.21. The first-order valence-corrected chi connectivity index (χ1v) is 10.8. The predicted molar refractivity (Wildman–Crippen MR) is 108 cm³/mol. The largest absolute Gasteiger partial charge is 0.468 e. The number of rotatable bonds is 6. The summed E-state index contributed by atoms with van der Waals surface area (Å²) in [6, 6.07) is 8.61. The first-order valence-electron chi connectivity index (χ1n) is 10.8. The minimum atomic E-state index is -0.275. The highest BCUT2D eigenvalue weighted by atomic mass is 16.5. The van der Waals surface area contributed by atoms with Crippen LogP contribution in [0.15, 0.2) is 24.3 Å². The van der Waals surface area contributed by atoms with E-state index in [0.717, 1.165) is 32.1 Å². The first-order chi connectivity index (χ1) is 13.6. The van der Waals surface area contributed by atoms with E-state index in [-0.39, 0.29) is 30.5 Å². The van der Waals surface area contributed by atoms with Crippen molar-refractivity contribution in [3.8, 4) is 0 Å². The van der Waals surface area contributed by atoms with Gasteiger partial charge in [-0.05, 0) is 56.4 Å². The summed E-state index contributed by atoms with van der Waals surface area (Å²) in [5.41, 5.74) is 2.41. The van der Waals surface area contributed by atoms with Crippen LogP contribution in [0.1, 0.15) is 62.1 Å². The second-order valence-corrected chi connectivity index (χ2v) is 8.85. The molecule has 0 spiro atoms. The third-order valence-electron chi connectivity index (χ3n) is 6.87. The van der Waals surface area contributed by atoms with Crippen LogP contribution in [0.4, 0.5) is 0 Å². The summed E-state index contributed by atoms with van der Waals surface area (Å²) >= 11 is 0. The van der Waals surface area contributed by atoms with Gasteiger partial charge in [-0.1, -0.05) is 42.7 Å². The SMILES string of the molecule is COC(=O)C1CC2CCCCC2N1CC(=O)NC(c1ccc(C)cc1)C1CC1. The Balaban J connectivity index is 1.46. The standard InChI is InChI=1S/C23H32N2O3/c1-15-7-9-16(10-8-15)22(17-11-12-17)24-21(26)14-25-19-6-4-3-5-18(19)13-20(25)23(27)28-2/h7-10,17-20,22H,3-6,11-14H2,1-2H3,(H,24,26). The van der Waals surface area contributed by atoms with Gasteiger partial charge in [0.1, 0.15) is 6.04 Å². The van der Waals surface area contributed by atoms with Gasteiger partial charge in [0.05, 0.1) is 19.7 Å². The van der Waals surface area contributed by atoms with E-state index in [1.807, 2.05) is 0 Å². The van der Waals surface area contributed by atoms with E-state index in [0.29, 0.717) is 17.9 Å². The van der Waals surface area contributed by atoms with Gasteiger partial charge in [0.2, 0.25) is 5.91 Å². The van der Waals surface area contributed by atoms with Crippen molar-refractivity contribution in [1.82, 2.24) is 10.2 Å². The highest BCUT2D eigenvalue weighted by Gasteiger charge is 2.46. The number of benzene rings is 1. The van der Waals surface area contributed by atoms with Crippen molar-refractivity contribution in [2.24, 2.45) is 11.8 Å². The second-order valence-electron chi connectivity index (χ2n) is 8.85. The van der Waals surface area contributed by atoms with Crippen LogP contribution in [0.3, 0.4) is 0 Å². The summed E-state index contributed by atoms with van der Waals surface area (Å²) in [7, 11) is 1.45. The molecule has 1 aromatic rings. The number of esters is 1. The molecule has 4 atom stereocenters. The van der Waals surface area contributed by atoms with Gasteiger partial charge in [-0.2, -0.15) is 0 Å². The molecule has 1 heterocycles. The summed E-state index contributed by atoms with van der Waals surface area (Å²) in [5.74, 6) is 0.878. The molecule has 3 aliphatic rings. The maximum atomic E-state index is 13.0. The average molecular weight is 385 g/mol. The number of nitrogens with one attached hydrogen (secondary N) is 1. The van der Waals surface area contributed by atoms with Gasteiger partial charge in [-0.3, -0.25) is 14.5 Å². The van der Waals surface area contributed by atoms with Crippen LogP contribution in [0.25, 0.3) is 0 Å². The van der Waals surface area contributed by atoms with Crippen LogP contribution in [0.5, 0.6) is 0 Å². The molecular weight excluding hydrogens is 352 g/mol. The van der Waals surface area contributed by atoms with Crippen LogP contribution >= 0.6 is 0 Å². The summed E-state index contributed by atoms with van der Waals surface area (Å²) in [4.78, 5) is 27.5. The molecule has 2 saturated carbocycles. The minimum absolute atomic E-state index is 0.0256. The van der Waals surface area contributed by atoms with E-state index in [1.54, 1.807) is 0 Å². The Labute approximate surface area is 167 Å². The molecule has 2 aliphatic carbocycles. The van der Waals surface area contributed by atoms with Crippen molar-refractivity contribution in [2.45, 2.75) is 70.0 Å². The summed E-state index contributed by atoms with van der Waals surface area (Å²) in [6.45, 7) is 2.37. The first kappa shape index (κ1) is 19.4. The zero-order chi connectivity index (χ0) is 19.7. The van der Waals surface area contributed by atoms with Crippen molar-refractivity contribution < 1.29 is 14.3 Å². The number of methoxy groups -OCH3 is 1. The third kappa shape index (κ3) is 4.09. The second kappa shape index (κ2) is 8.24. The normalized spacial score (nSPS) is 28.4. The molecule has 4 rings (SSSR count). The van der Waals surface area contributed by atoms with Gasteiger partial charge in [0, 0.05) is 6.04 Å². The van der Waals surface area contributed by atoms with Gasteiger partial charge in [-0.15, -0.1) is 0 Å². The number of carbonyl (C=O) groups is 2. The van der Waals surface area contributed by atoms with Crippen molar-refractivity contribution >= 4 is 11.9 Å². The van der Waals surface area contributed by atoms with Crippen LogP contribution in [0.2, 0.25) is 0 Å². The molecule has 1 aromatic carbocycles. The van der Waals surface area contributed by atoms with Gasteiger partial charge in [-0.25, -0.2) is 0 Å². The average Bonchev–Trinajstić information content (AvgIpc) is 3.49. The Bertz CT molecular complexity index is 713. The third-order valence-corrected chi connectivity index (χ3v) is 6.87. The number of amides is 1. The van der Waals surface area contributed by atoms with E-state index in [1.165, 1.54) is 31.1 Å². The van der Waals surface area contributed by atoms with Crippen LogP contribution in [0, 0.1) is 18.8 Å². The number of ether oxygens (including phenoxy) is 1. The fraction of sp³-hybridized carbons (Fsp3) is 0.652. The molecule has 152 valence electrons. The summed E-state index contributed by atoms with van der Waals surface area (Å²) in [6.07, 6.45) is 7.80. The van der Waals surface area contributed by atoms with E-state index in [4.69, 9.17) is 4.74 Å². The van der Waals surface area contributed by atoms with Gasteiger partial charge in [0.15, 0.2) is 0 Å². The quantitative estimate of drug-likeness (QED) is 0.764. The smallest absolute Gasteiger partial charge is 0.323 e. The van der Waals surface area contributed by atoms with Crippen LogP contribution in [-0.2, 0) is 14.3 Å². The van der Waals surface area contributed by atoms with E-state index in [9.17, 15) is 9.59 Å². The molecule has 3 fully saturated rings. The number of likely N-dealkylation sites (tertiary alicyclic amines) is 1. The Morgan fingerprint density at radius 1 is 1.14 bits per heavy atom. The van der Waals surface area contributed by atoms with E-state index in [2.05, 4.69) is 41.4 Å². The number of hydrogen-bond acceptors (Lipinski definition) is 4. The van der Waals surface area contributed by atoms with Crippen LogP contribution < -0.4 is 5.32 Å². The number of hydrogen-bond donors (Lipinski definition) is 1. The van der Waals surface area contributed by atoms with Crippen molar-refractivity contribution in [3.63, 3.8) is 0 Å². The van der Waals surface area contributed by atoms with Gasteiger partial charge in [0.25, 0.3) is 0 Å². The molecule has 28 heavy (non-hydrogen) atoms. The number of aryl methyl sites for hydroxylation is 1. The fourth-order valence-corrected chi connectivity index (χ4v) is 5.21. The monoisotopic (exact) mass is 384 g/mol. The molecule has 1 N–H and O–H groups in total. The zero-order valence-corrected chi connectivity index (χ0v) is 17.0. The molecule has 0 bridgehead atoms. The lowest BCUT2D eigenvalue weighted by molar-refractivity contribution is -0.146. The van der Waals surface area contributed by atoms with Crippen molar-refractivity contribution in [3.05, 3.63) is 35.4 Å². The highest BCUT2D eigenvalue weighted by molar-refractivity contribution is 5.81. The van der Waals surface area contributed by atoms with Crippen molar-refractivity contribution in [2.75, 3.05) is 13.7 Å². The molecular formula is C23H32N2O3. The predicted octanol–water partition coefficient (Wildman–Crippen LogP) is 3.37. The molecule has 5 heteroatoms. The number of fused-ring (bicyclic) bond motifs is 1. The van der Waals surface area contributed by atoms with Crippen LogP contribution in [-0.4, -0.2) is 42.5 Å². The van der Waals surface area contributed by atoms with E-state index < -0.39 is 0 Å². The molecule has 0 aromatic heterocycles. The number of carbonyl (C=O) groups excluding carboxylic acids is 2. The molecule has 1 saturated heterocycles. The molecule has 1 amide bonds. The lowest BCUT2D eigenvalue weighted by atomic mass is 9.85. The maximum Gasteiger partial charge on any atom is 0.323 e. The highest BCUT2D eigenvalue weighted by Crippen LogP contribution is 2.42. The molecule has 5 nitrogen and oxygen atoms in total. The van der Waals surface area contributed by atoms with E-state index >= 15 is 0 Å². The molecule has 0 radical (unpaired) electrons. The summed E-state index contributed by atoms with van der Waals surface area (Å²) in [5, 5.41) is 3.28. The summed E-state index contributed by atoms with van der Waals surface area (Å²) < 4.78 is 5.05. The maximum absolute atomic E-state index is 13.0. The Morgan fingerprint density at radius 2 is 1.86 bits per heavy atom. The minimum Gasteiger partial charge on any atom is -0.468 e. The Kier molecular flexibility index (Phi) is 5.72. The Morgan fingerprint density at radius 3 is 2.54 bits per heavy atom. The van der Waals surface area contributed by atoms with Crippen molar-refractivity contribution in [1.29, 1.82) is 0 Å². The van der Waals surface area contributed by atoms with Gasteiger partial charge >= 0.3 is 5.97 Å². The lowest BCUT2D eigenvalue weighted by Crippen LogP contribution is -2.48. The Hall–Kier alpha value is -1.88. The lowest BCUT2D eigenvalue weighted by Gasteiger charge is -2.33. The topological polar surface area (TPSA) is 58.6 Å².